The molecular formula is C20H22N4O3. The summed E-state index contributed by atoms with van der Waals surface area (Å²) < 4.78 is 5.44. The lowest BCUT2D eigenvalue weighted by atomic mass is 10.1. The maximum atomic E-state index is 12.6. The Morgan fingerprint density at radius 2 is 2.15 bits per heavy atom. The van der Waals surface area contributed by atoms with Crippen molar-refractivity contribution in [2.24, 2.45) is 0 Å². The fourth-order valence-electron chi connectivity index (χ4n) is 4.01. The van der Waals surface area contributed by atoms with Gasteiger partial charge in [-0.1, -0.05) is 12.1 Å². The number of amides is 2. The molecule has 0 spiro atoms. The summed E-state index contributed by atoms with van der Waals surface area (Å²) in [6.45, 7) is 2.36. The Labute approximate surface area is 157 Å². The van der Waals surface area contributed by atoms with Crippen LogP contribution >= 0.6 is 0 Å². The lowest BCUT2D eigenvalue weighted by Crippen LogP contribution is -2.43. The molecule has 7 nitrogen and oxygen atoms in total. The van der Waals surface area contributed by atoms with Crippen molar-refractivity contribution in [3.8, 4) is 6.07 Å². The van der Waals surface area contributed by atoms with E-state index in [1.165, 1.54) is 0 Å². The van der Waals surface area contributed by atoms with Crippen molar-refractivity contribution >= 4 is 22.8 Å². The number of hydrogen-bond donors (Lipinski definition) is 1. The van der Waals surface area contributed by atoms with Crippen molar-refractivity contribution in [1.82, 2.24) is 15.1 Å². The smallest absolute Gasteiger partial charge is 0.255 e. The fourth-order valence-corrected chi connectivity index (χ4v) is 4.01. The van der Waals surface area contributed by atoms with E-state index < -0.39 is 0 Å². The number of benzene rings is 1. The molecule has 0 saturated carbocycles. The van der Waals surface area contributed by atoms with E-state index in [0.717, 1.165) is 31.2 Å². The summed E-state index contributed by atoms with van der Waals surface area (Å²) in [4.78, 5) is 28.8. The summed E-state index contributed by atoms with van der Waals surface area (Å²) in [7, 11) is 0. The number of carbonyl (C=O) groups is 2. The van der Waals surface area contributed by atoms with Crippen LogP contribution in [0.2, 0.25) is 0 Å². The molecule has 0 radical (unpaired) electrons. The summed E-state index contributed by atoms with van der Waals surface area (Å²) in [5, 5.41) is 13.1. The molecule has 4 rings (SSSR count). The molecule has 1 N–H and O–H groups in total. The summed E-state index contributed by atoms with van der Waals surface area (Å²) in [6, 6.07) is 9.26. The zero-order valence-electron chi connectivity index (χ0n) is 15.1. The SMILES string of the molecule is N#C[C@@H]1CCCN1C(=O)CN1CC[C@H](NC(=O)c2cccc3ccoc23)C1. The van der Waals surface area contributed by atoms with Gasteiger partial charge in [0, 0.05) is 31.1 Å². The number of nitrogens with one attached hydrogen (secondary N) is 1. The molecule has 2 aliphatic rings. The van der Waals surface area contributed by atoms with Gasteiger partial charge in [0.2, 0.25) is 5.91 Å². The number of hydrogen-bond acceptors (Lipinski definition) is 5. The van der Waals surface area contributed by atoms with E-state index in [9.17, 15) is 9.59 Å². The number of para-hydroxylation sites is 1. The molecule has 27 heavy (non-hydrogen) atoms. The first-order valence-corrected chi connectivity index (χ1v) is 9.34. The van der Waals surface area contributed by atoms with Gasteiger partial charge in [-0.25, -0.2) is 0 Å². The molecule has 0 aliphatic carbocycles. The van der Waals surface area contributed by atoms with Crippen LogP contribution in [0, 0.1) is 11.3 Å². The van der Waals surface area contributed by atoms with E-state index in [4.69, 9.17) is 9.68 Å². The van der Waals surface area contributed by atoms with Crippen LogP contribution in [0.15, 0.2) is 34.9 Å². The molecule has 2 aromatic rings. The highest BCUT2D eigenvalue weighted by Crippen LogP contribution is 2.21. The minimum absolute atomic E-state index is 0.000796. The predicted octanol–water partition coefficient (Wildman–Crippen LogP) is 1.75. The second-order valence-corrected chi connectivity index (χ2v) is 7.21. The Morgan fingerprint density at radius 1 is 1.26 bits per heavy atom. The molecule has 0 bridgehead atoms. The molecule has 2 saturated heterocycles. The quantitative estimate of drug-likeness (QED) is 0.890. The second kappa shape index (κ2) is 7.41. The van der Waals surface area contributed by atoms with Gasteiger partial charge in [-0.2, -0.15) is 5.26 Å². The summed E-state index contributed by atoms with van der Waals surface area (Å²) in [6.07, 6.45) is 4.03. The first-order chi connectivity index (χ1) is 13.2. The third-order valence-corrected chi connectivity index (χ3v) is 5.41. The van der Waals surface area contributed by atoms with Crippen molar-refractivity contribution in [2.75, 3.05) is 26.2 Å². The van der Waals surface area contributed by atoms with Crippen LogP contribution in [-0.4, -0.2) is 59.9 Å². The molecule has 2 amide bonds. The Kier molecular flexibility index (Phi) is 4.82. The molecule has 0 unspecified atom stereocenters. The molecule has 2 aliphatic heterocycles. The number of nitriles is 1. The highest BCUT2D eigenvalue weighted by Gasteiger charge is 2.32. The standard InChI is InChI=1S/C20H22N4O3/c21-11-16-4-2-8-24(16)18(25)13-23-9-6-15(12-23)22-20(26)17-5-1-3-14-7-10-27-19(14)17/h1,3,5,7,10,15-16H,2,4,6,8-9,12-13H2,(H,22,26)/t15-,16-/m0/s1. The van der Waals surface area contributed by atoms with Crippen LogP contribution in [0.25, 0.3) is 11.0 Å². The number of likely N-dealkylation sites (tertiary alicyclic amines) is 2. The summed E-state index contributed by atoms with van der Waals surface area (Å²) in [5.74, 6) is -0.149. The van der Waals surface area contributed by atoms with Crippen LogP contribution < -0.4 is 5.32 Å². The van der Waals surface area contributed by atoms with E-state index in [0.29, 0.717) is 30.8 Å². The third kappa shape index (κ3) is 3.53. The largest absolute Gasteiger partial charge is 0.464 e. The molecule has 140 valence electrons. The number of rotatable bonds is 4. The Balaban J connectivity index is 1.33. The van der Waals surface area contributed by atoms with Gasteiger partial charge in [0.15, 0.2) is 0 Å². The molecule has 3 heterocycles. The van der Waals surface area contributed by atoms with Gasteiger partial charge >= 0.3 is 0 Å². The fraction of sp³-hybridized carbons (Fsp3) is 0.450. The maximum Gasteiger partial charge on any atom is 0.255 e. The highest BCUT2D eigenvalue weighted by molar-refractivity contribution is 6.04. The van der Waals surface area contributed by atoms with Gasteiger partial charge < -0.3 is 14.6 Å². The highest BCUT2D eigenvalue weighted by atomic mass is 16.3. The average molecular weight is 366 g/mol. The average Bonchev–Trinajstić information content (AvgIpc) is 3.41. The molecule has 1 aromatic heterocycles. The first-order valence-electron chi connectivity index (χ1n) is 9.34. The normalized spacial score (nSPS) is 22.9. The van der Waals surface area contributed by atoms with E-state index >= 15 is 0 Å². The molecule has 1 aromatic carbocycles. The van der Waals surface area contributed by atoms with E-state index in [1.807, 2.05) is 23.1 Å². The Morgan fingerprint density at radius 3 is 3.00 bits per heavy atom. The minimum Gasteiger partial charge on any atom is -0.464 e. The summed E-state index contributed by atoms with van der Waals surface area (Å²) in [5.41, 5.74) is 1.12. The summed E-state index contributed by atoms with van der Waals surface area (Å²) >= 11 is 0. The first kappa shape index (κ1) is 17.6. The number of furan rings is 1. The topological polar surface area (TPSA) is 89.6 Å². The lowest BCUT2D eigenvalue weighted by molar-refractivity contribution is -0.132. The lowest BCUT2D eigenvalue weighted by Gasteiger charge is -2.23. The molecule has 7 heteroatoms. The maximum absolute atomic E-state index is 12.6. The van der Waals surface area contributed by atoms with Crippen LogP contribution in [0.3, 0.4) is 0 Å². The van der Waals surface area contributed by atoms with Crippen LogP contribution in [0.1, 0.15) is 29.6 Å². The van der Waals surface area contributed by atoms with Gasteiger partial charge in [0.1, 0.15) is 11.6 Å². The van der Waals surface area contributed by atoms with Gasteiger partial charge in [0.25, 0.3) is 5.91 Å². The van der Waals surface area contributed by atoms with E-state index in [2.05, 4.69) is 11.4 Å². The zero-order chi connectivity index (χ0) is 18.8. The van der Waals surface area contributed by atoms with Gasteiger partial charge in [-0.05, 0) is 31.4 Å². The molecule has 2 fully saturated rings. The predicted molar refractivity (Wildman–Crippen MR) is 98.9 cm³/mol. The van der Waals surface area contributed by atoms with Crippen molar-refractivity contribution in [1.29, 1.82) is 5.26 Å². The van der Waals surface area contributed by atoms with Crippen LogP contribution in [-0.2, 0) is 4.79 Å². The van der Waals surface area contributed by atoms with Gasteiger partial charge in [-0.3, -0.25) is 14.5 Å². The number of carbonyl (C=O) groups excluding carboxylic acids is 2. The molecular weight excluding hydrogens is 344 g/mol. The van der Waals surface area contributed by atoms with Crippen LogP contribution in [0.4, 0.5) is 0 Å². The number of nitrogens with zero attached hydrogens (tertiary/aromatic N) is 3. The zero-order valence-corrected chi connectivity index (χ0v) is 15.1. The number of fused-ring (bicyclic) bond motifs is 1. The minimum atomic E-state index is -0.288. The van der Waals surface area contributed by atoms with E-state index in [1.54, 1.807) is 17.2 Å². The van der Waals surface area contributed by atoms with E-state index in [-0.39, 0.29) is 23.9 Å². The van der Waals surface area contributed by atoms with Crippen LogP contribution in [0.5, 0.6) is 0 Å². The van der Waals surface area contributed by atoms with Crippen molar-refractivity contribution in [3.05, 3.63) is 36.1 Å². The van der Waals surface area contributed by atoms with Gasteiger partial charge in [-0.15, -0.1) is 0 Å². The van der Waals surface area contributed by atoms with Gasteiger partial charge in [0.05, 0.1) is 24.4 Å². The van der Waals surface area contributed by atoms with Crippen molar-refractivity contribution < 1.29 is 14.0 Å². The van der Waals surface area contributed by atoms with Crippen molar-refractivity contribution in [3.63, 3.8) is 0 Å². The van der Waals surface area contributed by atoms with Crippen molar-refractivity contribution in [2.45, 2.75) is 31.3 Å². The monoisotopic (exact) mass is 366 g/mol. The molecule has 2 atom stereocenters. The second-order valence-electron chi connectivity index (χ2n) is 7.21. The third-order valence-electron chi connectivity index (χ3n) is 5.41. The Hall–Kier alpha value is -2.85. The Bertz CT molecular complexity index is 900.